The number of carbonyl (C=O) groups excluding carboxylic acids is 1. The summed E-state index contributed by atoms with van der Waals surface area (Å²) in [6.07, 6.45) is 4.86. The molecule has 1 N–H and O–H groups in total. The predicted molar refractivity (Wildman–Crippen MR) is 143 cm³/mol. The molecule has 0 unspecified atom stereocenters. The summed E-state index contributed by atoms with van der Waals surface area (Å²) < 4.78 is 5.61. The summed E-state index contributed by atoms with van der Waals surface area (Å²) in [5.41, 5.74) is 4.12. The lowest BCUT2D eigenvalue weighted by molar-refractivity contribution is 0.104. The van der Waals surface area contributed by atoms with Gasteiger partial charge in [-0.25, -0.2) is 4.79 Å². The molecule has 0 aliphatic rings. The highest BCUT2D eigenvalue weighted by molar-refractivity contribution is 6.15. The fraction of sp³-hybridized carbons (Fsp3) is 0.233. The highest BCUT2D eigenvalue weighted by Crippen LogP contribution is 2.37. The van der Waals surface area contributed by atoms with Crippen molar-refractivity contribution in [2.45, 2.75) is 47.1 Å². The number of carbonyl (C=O) groups is 1. The monoisotopic (exact) mass is 467 g/mol. The van der Waals surface area contributed by atoms with E-state index < -0.39 is 5.63 Å². The molecule has 0 saturated heterocycles. The summed E-state index contributed by atoms with van der Waals surface area (Å²) >= 11 is 0. The molecule has 5 nitrogen and oxygen atoms in total. The molecule has 0 atom stereocenters. The number of allylic oxidation sites excluding steroid dienone is 1. The molecule has 0 spiro atoms. The predicted octanol–water partition coefficient (Wildman–Crippen LogP) is 6.69. The molecule has 35 heavy (non-hydrogen) atoms. The zero-order chi connectivity index (χ0) is 25.5. The Morgan fingerprint density at radius 2 is 1.66 bits per heavy atom. The first-order chi connectivity index (χ1) is 16.4. The Hall–Kier alpha value is -3.99. The molecule has 4 aromatic rings. The molecule has 0 radical (unpaired) electrons. The van der Waals surface area contributed by atoms with Gasteiger partial charge in [-0.05, 0) is 76.4 Å². The average Bonchev–Trinajstić information content (AvgIpc) is 2.76. The molecule has 0 amide bonds. The summed E-state index contributed by atoms with van der Waals surface area (Å²) in [6.45, 7) is 11.6. The van der Waals surface area contributed by atoms with Gasteiger partial charge < -0.3 is 9.52 Å². The smallest absolute Gasteiger partial charge is 0.336 e. The van der Waals surface area contributed by atoms with Crippen LogP contribution in [0, 0.1) is 20.8 Å². The van der Waals surface area contributed by atoms with Crippen molar-refractivity contribution in [1.29, 1.82) is 0 Å². The standard InChI is InChI=1S/C30H29NO4/c1-17-7-9-22(18(2)13-17)25(32)12-8-20-15-21(16-31-30(4,5)6)28(34)24-11-10-23-19(3)14-26(33)35-29(23)27(20)24/h7-16,34H,1-6H3/b12-8+,31-16?. The van der Waals surface area contributed by atoms with Crippen LogP contribution in [0.5, 0.6) is 5.75 Å². The lowest BCUT2D eigenvalue weighted by atomic mass is 9.95. The van der Waals surface area contributed by atoms with E-state index in [0.717, 1.165) is 22.1 Å². The minimum absolute atomic E-state index is 0.0388. The molecule has 0 aliphatic heterocycles. The van der Waals surface area contributed by atoms with Gasteiger partial charge in [-0.3, -0.25) is 9.79 Å². The van der Waals surface area contributed by atoms with Crippen molar-refractivity contribution >= 4 is 39.8 Å². The van der Waals surface area contributed by atoms with E-state index in [4.69, 9.17) is 4.42 Å². The molecular weight excluding hydrogens is 438 g/mol. The highest BCUT2D eigenvalue weighted by Gasteiger charge is 2.17. The van der Waals surface area contributed by atoms with Gasteiger partial charge in [0.1, 0.15) is 11.3 Å². The van der Waals surface area contributed by atoms with E-state index >= 15 is 0 Å². The topological polar surface area (TPSA) is 79.9 Å². The van der Waals surface area contributed by atoms with Crippen LogP contribution in [0.4, 0.5) is 0 Å². The second kappa shape index (κ2) is 8.99. The van der Waals surface area contributed by atoms with Gasteiger partial charge in [0, 0.05) is 39.6 Å². The second-order valence-corrected chi connectivity index (χ2v) is 9.96. The normalized spacial score (nSPS) is 12.4. The minimum atomic E-state index is -0.471. The van der Waals surface area contributed by atoms with E-state index in [-0.39, 0.29) is 17.1 Å². The lowest BCUT2D eigenvalue weighted by Crippen LogP contribution is -2.09. The average molecular weight is 468 g/mol. The molecular formula is C30H29NO4. The molecule has 0 bridgehead atoms. The molecule has 0 aliphatic carbocycles. The lowest BCUT2D eigenvalue weighted by Gasteiger charge is -2.14. The first kappa shape index (κ1) is 24.1. The van der Waals surface area contributed by atoms with Crippen molar-refractivity contribution in [3.63, 3.8) is 0 Å². The summed E-state index contributed by atoms with van der Waals surface area (Å²) in [7, 11) is 0. The fourth-order valence-corrected chi connectivity index (χ4v) is 4.17. The Balaban J connectivity index is 1.98. The molecule has 1 aromatic heterocycles. The molecule has 4 rings (SSSR count). The molecule has 0 saturated carbocycles. The number of fused-ring (bicyclic) bond motifs is 3. The molecule has 3 aromatic carbocycles. The van der Waals surface area contributed by atoms with Gasteiger partial charge in [-0.2, -0.15) is 0 Å². The summed E-state index contributed by atoms with van der Waals surface area (Å²) in [5.74, 6) is -0.0941. The number of aromatic hydroxyl groups is 1. The molecule has 0 fully saturated rings. The first-order valence-electron chi connectivity index (χ1n) is 11.5. The number of hydrogen-bond acceptors (Lipinski definition) is 5. The summed E-state index contributed by atoms with van der Waals surface area (Å²) in [6, 6.07) is 12.6. The van der Waals surface area contributed by atoms with Crippen LogP contribution in [0.1, 0.15) is 58.9 Å². The van der Waals surface area contributed by atoms with Crippen LogP contribution >= 0.6 is 0 Å². The maximum Gasteiger partial charge on any atom is 0.336 e. The van der Waals surface area contributed by atoms with Crippen molar-refractivity contribution in [1.82, 2.24) is 0 Å². The minimum Gasteiger partial charge on any atom is -0.507 e. The van der Waals surface area contributed by atoms with E-state index in [1.807, 2.05) is 65.8 Å². The zero-order valence-corrected chi connectivity index (χ0v) is 20.9. The quantitative estimate of drug-likeness (QED) is 0.119. The van der Waals surface area contributed by atoms with Crippen LogP contribution < -0.4 is 5.63 Å². The maximum absolute atomic E-state index is 13.0. The number of rotatable bonds is 4. The third-order valence-electron chi connectivity index (χ3n) is 5.90. The van der Waals surface area contributed by atoms with Gasteiger partial charge >= 0.3 is 5.63 Å². The largest absolute Gasteiger partial charge is 0.507 e. The zero-order valence-electron chi connectivity index (χ0n) is 20.9. The third kappa shape index (κ3) is 4.94. The van der Waals surface area contributed by atoms with Gasteiger partial charge in [0.15, 0.2) is 5.78 Å². The van der Waals surface area contributed by atoms with Gasteiger partial charge in [-0.15, -0.1) is 0 Å². The number of phenols is 1. The number of hydrogen-bond donors (Lipinski definition) is 1. The van der Waals surface area contributed by atoms with Crippen molar-refractivity contribution in [3.8, 4) is 5.75 Å². The maximum atomic E-state index is 13.0. The van der Waals surface area contributed by atoms with Crippen LogP contribution in [-0.4, -0.2) is 22.6 Å². The Bertz CT molecular complexity index is 1600. The van der Waals surface area contributed by atoms with Crippen molar-refractivity contribution in [3.05, 3.63) is 92.3 Å². The number of aryl methyl sites for hydroxylation is 3. The van der Waals surface area contributed by atoms with Gasteiger partial charge in [-0.1, -0.05) is 35.9 Å². The van der Waals surface area contributed by atoms with E-state index in [0.29, 0.717) is 33.0 Å². The fourth-order valence-electron chi connectivity index (χ4n) is 4.17. The molecule has 5 heteroatoms. The van der Waals surface area contributed by atoms with Crippen LogP contribution in [0.2, 0.25) is 0 Å². The van der Waals surface area contributed by atoms with Gasteiger partial charge in [0.05, 0.1) is 5.54 Å². The van der Waals surface area contributed by atoms with Crippen molar-refractivity contribution in [2.24, 2.45) is 4.99 Å². The summed E-state index contributed by atoms with van der Waals surface area (Å²) in [4.78, 5) is 29.8. The van der Waals surface area contributed by atoms with Crippen LogP contribution in [0.3, 0.4) is 0 Å². The first-order valence-corrected chi connectivity index (χ1v) is 11.5. The number of nitrogens with zero attached hydrogens (tertiary/aromatic N) is 1. The van der Waals surface area contributed by atoms with Crippen LogP contribution in [0.15, 0.2) is 62.7 Å². The second-order valence-electron chi connectivity index (χ2n) is 9.96. The van der Waals surface area contributed by atoms with E-state index in [1.54, 1.807) is 24.4 Å². The van der Waals surface area contributed by atoms with E-state index in [9.17, 15) is 14.7 Å². The number of ketones is 1. The van der Waals surface area contributed by atoms with Crippen LogP contribution in [0.25, 0.3) is 27.8 Å². The van der Waals surface area contributed by atoms with Gasteiger partial charge in [0.25, 0.3) is 0 Å². The molecule has 1 heterocycles. The number of aliphatic imine (C=N–C) groups is 1. The Morgan fingerprint density at radius 1 is 0.943 bits per heavy atom. The Morgan fingerprint density at radius 3 is 2.34 bits per heavy atom. The van der Waals surface area contributed by atoms with Crippen molar-refractivity contribution < 1.29 is 14.3 Å². The molecule has 178 valence electrons. The number of benzene rings is 3. The Labute approximate surface area is 204 Å². The summed E-state index contributed by atoms with van der Waals surface area (Å²) in [5, 5.41) is 12.9. The Kier molecular flexibility index (Phi) is 6.20. The van der Waals surface area contributed by atoms with E-state index in [1.165, 1.54) is 12.1 Å². The van der Waals surface area contributed by atoms with Crippen molar-refractivity contribution in [2.75, 3.05) is 0 Å². The van der Waals surface area contributed by atoms with Gasteiger partial charge in [0.2, 0.25) is 0 Å². The number of phenolic OH excluding ortho intramolecular Hbond substituents is 1. The third-order valence-corrected chi connectivity index (χ3v) is 5.90. The van der Waals surface area contributed by atoms with E-state index in [2.05, 4.69) is 4.99 Å². The highest BCUT2D eigenvalue weighted by atomic mass is 16.4. The van der Waals surface area contributed by atoms with Crippen LogP contribution in [-0.2, 0) is 0 Å². The SMILES string of the molecule is Cc1ccc(C(=O)/C=C/c2cc(C=NC(C)(C)C)c(O)c3ccc4c(C)cc(=O)oc4c23)c(C)c1.